The number of rotatable bonds is 8. The monoisotopic (exact) mass is 376 g/mol. The standard InChI is InChI=1S/C18H29ClN2O2.ClH/c1-4-8-23-17-15(19)9-14(10-16(17)22-5-2)11-21-7-6-18(3,12-20)13-21;/h9-10H,4-8,11-13,20H2,1-3H3;1H. The third kappa shape index (κ3) is 5.41. The lowest BCUT2D eigenvalue weighted by Gasteiger charge is -2.23. The Hall–Kier alpha value is -0.680. The number of ether oxygens (including phenoxy) is 2. The summed E-state index contributed by atoms with van der Waals surface area (Å²) >= 11 is 6.43. The van der Waals surface area contributed by atoms with Crippen LogP contribution in [-0.2, 0) is 6.54 Å². The third-order valence-electron chi connectivity index (χ3n) is 4.36. The molecule has 0 spiro atoms. The second-order valence-electron chi connectivity index (χ2n) is 6.66. The molecule has 0 saturated carbocycles. The van der Waals surface area contributed by atoms with Gasteiger partial charge in [-0.25, -0.2) is 0 Å². The molecule has 1 saturated heterocycles. The summed E-state index contributed by atoms with van der Waals surface area (Å²) in [5.41, 5.74) is 7.28. The van der Waals surface area contributed by atoms with Crippen molar-refractivity contribution in [2.24, 2.45) is 11.1 Å². The highest BCUT2D eigenvalue weighted by Gasteiger charge is 2.32. The average Bonchev–Trinajstić information content (AvgIpc) is 2.89. The Morgan fingerprint density at radius 1 is 1.29 bits per heavy atom. The molecule has 4 nitrogen and oxygen atoms in total. The lowest BCUT2D eigenvalue weighted by atomic mass is 9.90. The number of hydrogen-bond acceptors (Lipinski definition) is 4. The molecule has 0 aromatic heterocycles. The second kappa shape index (κ2) is 9.71. The normalized spacial score (nSPS) is 20.7. The van der Waals surface area contributed by atoms with Gasteiger partial charge >= 0.3 is 0 Å². The molecule has 1 fully saturated rings. The molecule has 138 valence electrons. The van der Waals surface area contributed by atoms with Crippen LogP contribution in [0.1, 0.15) is 39.2 Å². The summed E-state index contributed by atoms with van der Waals surface area (Å²) in [5, 5.41) is 0.625. The molecule has 0 bridgehead atoms. The molecule has 0 aliphatic carbocycles. The van der Waals surface area contributed by atoms with Gasteiger partial charge in [0.05, 0.1) is 18.2 Å². The Bertz CT molecular complexity index is 528. The minimum atomic E-state index is 0. The molecular weight excluding hydrogens is 347 g/mol. The lowest BCUT2D eigenvalue weighted by molar-refractivity contribution is 0.268. The number of hydrogen-bond donors (Lipinski definition) is 1. The van der Waals surface area contributed by atoms with E-state index in [9.17, 15) is 0 Å². The van der Waals surface area contributed by atoms with E-state index in [1.807, 2.05) is 13.0 Å². The summed E-state index contributed by atoms with van der Waals surface area (Å²) in [6.45, 7) is 11.2. The Morgan fingerprint density at radius 2 is 2.04 bits per heavy atom. The van der Waals surface area contributed by atoms with Gasteiger partial charge in [-0.1, -0.05) is 25.4 Å². The Balaban J connectivity index is 0.00000288. The number of nitrogens with zero attached hydrogens (tertiary/aromatic N) is 1. The summed E-state index contributed by atoms with van der Waals surface area (Å²) in [7, 11) is 0. The van der Waals surface area contributed by atoms with Crippen molar-refractivity contribution in [1.82, 2.24) is 4.90 Å². The van der Waals surface area contributed by atoms with E-state index in [1.165, 1.54) is 0 Å². The highest BCUT2D eigenvalue weighted by atomic mass is 35.5. The predicted octanol–water partition coefficient (Wildman–Crippen LogP) is 4.12. The maximum atomic E-state index is 6.43. The minimum Gasteiger partial charge on any atom is -0.490 e. The summed E-state index contributed by atoms with van der Waals surface area (Å²) < 4.78 is 11.5. The molecule has 1 unspecified atom stereocenters. The molecule has 24 heavy (non-hydrogen) atoms. The first kappa shape index (κ1) is 21.4. The fourth-order valence-electron chi connectivity index (χ4n) is 3.01. The Labute approximate surface area is 157 Å². The molecule has 1 aromatic rings. The fourth-order valence-corrected chi connectivity index (χ4v) is 3.29. The molecule has 1 aliphatic heterocycles. The summed E-state index contributed by atoms with van der Waals surface area (Å²) in [5.74, 6) is 1.40. The van der Waals surface area contributed by atoms with Gasteiger partial charge in [0.25, 0.3) is 0 Å². The summed E-state index contributed by atoms with van der Waals surface area (Å²) in [6, 6.07) is 4.05. The zero-order valence-corrected chi connectivity index (χ0v) is 16.5. The SMILES string of the molecule is CCCOc1c(Cl)cc(CN2CCC(C)(CN)C2)cc1OCC.Cl. The van der Waals surface area contributed by atoms with Crippen LogP contribution in [0.25, 0.3) is 0 Å². The van der Waals surface area contributed by atoms with Gasteiger partial charge in [-0.3, -0.25) is 4.90 Å². The first-order valence-corrected chi connectivity index (χ1v) is 8.89. The molecule has 1 aliphatic rings. The lowest BCUT2D eigenvalue weighted by Crippen LogP contribution is -2.31. The quantitative estimate of drug-likeness (QED) is 0.740. The van der Waals surface area contributed by atoms with Crippen LogP contribution < -0.4 is 15.2 Å². The van der Waals surface area contributed by atoms with Crippen LogP contribution in [0.15, 0.2) is 12.1 Å². The van der Waals surface area contributed by atoms with Crippen LogP contribution in [0.2, 0.25) is 5.02 Å². The molecule has 1 aromatic carbocycles. The Morgan fingerprint density at radius 3 is 2.62 bits per heavy atom. The minimum absolute atomic E-state index is 0. The van der Waals surface area contributed by atoms with E-state index in [0.29, 0.717) is 24.0 Å². The van der Waals surface area contributed by atoms with E-state index < -0.39 is 0 Å². The average molecular weight is 377 g/mol. The first-order valence-electron chi connectivity index (χ1n) is 8.51. The third-order valence-corrected chi connectivity index (χ3v) is 4.64. The molecule has 0 radical (unpaired) electrons. The van der Waals surface area contributed by atoms with Crippen LogP contribution in [0.4, 0.5) is 0 Å². The molecule has 1 atom stereocenters. The fraction of sp³-hybridized carbons (Fsp3) is 0.667. The second-order valence-corrected chi connectivity index (χ2v) is 7.07. The van der Waals surface area contributed by atoms with Crippen molar-refractivity contribution in [1.29, 1.82) is 0 Å². The van der Waals surface area contributed by atoms with E-state index in [2.05, 4.69) is 24.8 Å². The molecule has 6 heteroatoms. The van der Waals surface area contributed by atoms with Crippen molar-refractivity contribution in [3.63, 3.8) is 0 Å². The number of halogens is 2. The molecule has 1 heterocycles. The van der Waals surface area contributed by atoms with E-state index in [1.54, 1.807) is 0 Å². The van der Waals surface area contributed by atoms with Crippen molar-refractivity contribution < 1.29 is 9.47 Å². The van der Waals surface area contributed by atoms with E-state index >= 15 is 0 Å². The molecule has 2 N–H and O–H groups in total. The smallest absolute Gasteiger partial charge is 0.179 e. The zero-order chi connectivity index (χ0) is 16.9. The van der Waals surface area contributed by atoms with Gasteiger partial charge < -0.3 is 15.2 Å². The number of likely N-dealkylation sites (tertiary alicyclic amines) is 1. The maximum absolute atomic E-state index is 6.43. The van der Waals surface area contributed by atoms with Crippen LogP contribution in [0.5, 0.6) is 11.5 Å². The first-order chi connectivity index (χ1) is 11.0. The molecule has 0 amide bonds. The number of benzene rings is 1. The van der Waals surface area contributed by atoms with Crippen molar-refractivity contribution in [3.05, 3.63) is 22.7 Å². The van der Waals surface area contributed by atoms with Crippen LogP contribution >= 0.6 is 24.0 Å². The van der Waals surface area contributed by atoms with Gasteiger partial charge in [-0.15, -0.1) is 12.4 Å². The van der Waals surface area contributed by atoms with Crippen LogP contribution in [0, 0.1) is 5.41 Å². The number of nitrogens with two attached hydrogens (primary N) is 1. The van der Waals surface area contributed by atoms with Crippen LogP contribution in [0.3, 0.4) is 0 Å². The van der Waals surface area contributed by atoms with Gasteiger partial charge in [0.1, 0.15) is 0 Å². The molecule has 2 rings (SSSR count). The van der Waals surface area contributed by atoms with E-state index in [0.717, 1.165) is 50.3 Å². The van der Waals surface area contributed by atoms with E-state index in [4.69, 9.17) is 26.8 Å². The van der Waals surface area contributed by atoms with Crippen LogP contribution in [-0.4, -0.2) is 37.7 Å². The van der Waals surface area contributed by atoms with E-state index in [-0.39, 0.29) is 17.8 Å². The van der Waals surface area contributed by atoms with Gasteiger partial charge in [-0.05, 0) is 56.0 Å². The summed E-state index contributed by atoms with van der Waals surface area (Å²) in [6.07, 6.45) is 2.09. The zero-order valence-electron chi connectivity index (χ0n) is 14.9. The molecular formula is C18H30Cl2N2O2. The van der Waals surface area contributed by atoms with Gasteiger partial charge in [-0.2, -0.15) is 0 Å². The highest BCUT2D eigenvalue weighted by molar-refractivity contribution is 6.32. The summed E-state index contributed by atoms with van der Waals surface area (Å²) in [4.78, 5) is 2.43. The van der Waals surface area contributed by atoms with Crippen molar-refractivity contribution in [2.45, 2.75) is 40.2 Å². The topological polar surface area (TPSA) is 47.7 Å². The van der Waals surface area contributed by atoms with Gasteiger partial charge in [0.2, 0.25) is 0 Å². The van der Waals surface area contributed by atoms with Crippen molar-refractivity contribution >= 4 is 24.0 Å². The maximum Gasteiger partial charge on any atom is 0.179 e. The highest BCUT2D eigenvalue weighted by Crippen LogP contribution is 2.38. The predicted molar refractivity (Wildman–Crippen MR) is 103 cm³/mol. The van der Waals surface area contributed by atoms with Gasteiger partial charge in [0.15, 0.2) is 11.5 Å². The Kier molecular flexibility index (Phi) is 8.65. The van der Waals surface area contributed by atoms with Crippen molar-refractivity contribution in [3.8, 4) is 11.5 Å². The largest absolute Gasteiger partial charge is 0.490 e. The van der Waals surface area contributed by atoms with Gasteiger partial charge in [0, 0.05) is 13.1 Å². The van der Waals surface area contributed by atoms with Crippen molar-refractivity contribution in [2.75, 3.05) is 32.8 Å².